The van der Waals surface area contributed by atoms with E-state index in [4.69, 9.17) is 10.5 Å². The van der Waals surface area contributed by atoms with E-state index >= 15 is 0 Å². The lowest BCUT2D eigenvalue weighted by Crippen LogP contribution is -2.12. The number of aromatic hydroxyl groups is 1. The number of nitrogens with two attached hydrogens (primary N) is 1. The van der Waals surface area contributed by atoms with Gasteiger partial charge < -0.3 is 20.9 Å². The van der Waals surface area contributed by atoms with Crippen LogP contribution in [0.2, 0.25) is 0 Å². The molecule has 0 saturated carbocycles. The Bertz CT molecular complexity index is 659. The molecular weight excluding hydrogens is 324 g/mol. The lowest BCUT2D eigenvalue weighted by molar-refractivity contribution is 0.102. The number of phenols is 1. The Kier molecular flexibility index (Phi) is 4.14. The topological polar surface area (TPSA) is 84.6 Å². The molecule has 104 valence electrons. The summed E-state index contributed by atoms with van der Waals surface area (Å²) in [4.78, 5) is 12.1. The van der Waals surface area contributed by atoms with Gasteiger partial charge in [0.2, 0.25) is 0 Å². The Labute approximate surface area is 124 Å². The van der Waals surface area contributed by atoms with E-state index in [1.807, 2.05) is 0 Å². The van der Waals surface area contributed by atoms with Crippen LogP contribution < -0.4 is 15.8 Å². The van der Waals surface area contributed by atoms with Crippen LogP contribution in [-0.4, -0.2) is 18.1 Å². The number of halogens is 1. The van der Waals surface area contributed by atoms with E-state index in [1.54, 1.807) is 30.3 Å². The molecule has 0 atom stereocenters. The summed E-state index contributed by atoms with van der Waals surface area (Å²) in [5.74, 6) is -0.0370. The zero-order chi connectivity index (χ0) is 14.7. The highest BCUT2D eigenvalue weighted by Crippen LogP contribution is 2.27. The average molecular weight is 337 g/mol. The van der Waals surface area contributed by atoms with Crippen LogP contribution in [-0.2, 0) is 0 Å². The highest BCUT2D eigenvalue weighted by molar-refractivity contribution is 9.10. The van der Waals surface area contributed by atoms with Gasteiger partial charge >= 0.3 is 0 Å². The third-order valence-electron chi connectivity index (χ3n) is 2.69. The fraction of sp³-hybridized carbons (Fsp3) is 0.0714. The molecule has 4 N–H and O–H groups in total. The Morgan fingerprint density at radius 3 is 2.75 bits per heavy atom. The summed E-state index contributed by atoms with van der Waals surface area (Å²) in [6, 6.07) is 9.54. The number of nitrogens with one attached hydrogen (secondary N) is 1. The van der Waals surface area contributed by atoms with E-state index in [-0.39, 0.29) is 11.3 Å². The molecule has 0 radical (unpaired) electrons. The molecule has 0 aliphatic carbocycles. The maximum Gasteiger partial charge on any atom is 0.259 e. The first-order valence-electron chi connectivity index (χ1n) is 5.74. The van der Waals surface area contributed by atoms with Crippen LogP contribution in [0.3, 0.4) is 0 Å². The SMILES string of the molecule is COc1cc(NC(=O)c2cc(Br)ccc2O)ccc1N. The van der Waals surface area contributed by atoms with Crippen molar-refractivity contribution in [2.75, 3.05) is 18.2 Å². The quantitative estimate of drug-likeness (QED) is 0.752. The first-order chi connectivity index (χ1) is 9.51. The number of hydrogen-bond acceptors (Lipinski definition) is 4. The molecule has 0 heterocycles. The van der Waals surface area contributed by atoms with Crippen LogP contribution in [0, 0.1) is 0 Å². The van der Waals surface area contributed by atoms with Gasteiger partial charge in [-0.3, -0.25) is 4.79 Å². The minimum Gasteiger partial charge on any atom is -0.507 e. The molecule has 2 rings (SSSR count). The number of rotatable bonds is 3. The Balaban J connectivity index is 2.25. The van der Waals surface area contributed by atoms with Crippen molar-refractivity contribution in [1.82, 2.24) is 0 Å². The van der Waals surface area contributed by atoms with Crippen molar-refractivity contribution in [3.05, 3.63) is 46.4 Å². The molecule has 1 amide bonds. The highest BCUT2D eigenvalue weighted by Gasteiger charge is 2.12. The third kappa shape index (κ3) is 3.03. The number of methoxy groups -OCH3 is 1. The lowest BCUT2D eigenvalue weighted by atomic mass is 10.2. The molecule has 0 spiro atoms. The van der Waals surface area contributed by atoms with Crippen LogP contribution in [0.1, 0.15) is 10.4 Å². The molecule has 6 heteroatoms. The molecule has 0 bridgehead atoms. The number of carbonyl (C=O) groups excluding carboxylic acids is 1. The maximum atomic E-state index is 12.1. The minimum atomic E-state index is -0.421. The lowest BCUT2D eigenvalue weighted by Gasteiger charge is -2.10. The Morgan fingerprint density at radius 2 is 2.05 bits per heavy atom. The zero-order valence-corrected chi connectivity index (χ0v) is 12.3. The summed E-state index contributed by atoms with van der Waals surface area (Å²) >= 11 is 3.25. The Morgan fingerprint density at radius 1 is 1.30 bits per heavy atom. The van der Waals surface area contributed by atoms with Crippen LogP contribution in [0.5, 0.6) is 11.5 Å². The van der Waals surface area contributed by atoms with Crippen molar-refractivity contribution in [1.29, 1.82) is 0 Å². The fourth-order valence-electron chi connectivity index (χ4n) is 1.68. The largest absolute Gasteiger partial charge is 0.507 e. The second-order valence-corrected chi connectivity index (χ2v) is 4.99. The number of phenolic OH excluding ortho intramolecular Hbond substituents is 1. The van der Waals surface area contributed by atoms with Crippen molar-refractivity contribution < 1.29 is 14.6 Å². The van der Waals surface area contributed by atoms with Gasteiger partial charge in [-0.15, -0.1) is 0 Å². The standard InChI is InChI=1S/C14H13BrN2O3/c1-20-13-7-9(3-4-11(13)16)17-14(19)10-6-8(15)2-5-12(10)18/h2-7,18H,16H2,1H3,(H,17,19). The van der Waals surface area contributed by atoms with Gasteiger partial charge in [0, 0.05) is 16.2 Å². The molecule has 20 heavy (non-hydrogen) atoms. The van der Waals surface area contributed by atoms with Crippen molar-refractivity contribution in [2.45, 2.75) is 0 Å². The average Bonchev–Trinajstić information content (AvgIpc) is 2.43. The number of ether oxygens (including phenoxy) is 1. The fourth-order valence-corrected chi connectivity index (χ4v) is 2.04. The summed E-state index contributed by atoms with van der Waals surface area (Å²) in [7, 11) is 1.50. The molecule has 0 saturated heterocycles. The van der Waals surface area contributed by atoms with Gasteiger partial charge in [0.05, 0.1) is 18.4 Å². The number of benzene rings is 2. The normalized spacial score (nSPS) is 10.1. The molecular formula is C14H13BrN2O3. The number of amides is 1. The van der Waals surface area contributed by atoms with Crippen LogP contribution in [0.25, 0.3) is 0 Å². The third-order valence-corrected chi connectivity index (χ3v) is 3.19. The molecule has 2 aromatic rings. The number of anilines is 2. The van der Waals surface area contributed by atoms with E-state index in [1.165, 1.54) is 13.2 Å². The minimum absolute atomic E-state index is 0.0897. The first kappa shape index (κ1) is 14.2. The molecule has 2 aromatic carbocycles. The summed E-state index contributed by atoms with van der Waals surface area (Å²) < 4.78 is 5.79. The van der Waals surface area contributed by atoms with Gasteiger partial charge in [-0.1, -0.05) is 15.9 Å². The zero-order valence-electron chi connectivity index (χ0n) is 10.7. The predicted octanol–water partition coefficient (Wildman–Crippen LogP) is 3.00. The van der Waals surface area contributed by atoms with Crippen molar-refractivity contribution >= 4 is 33.2 Å². The maximum absolute atomic E-state index is 12.1. The van der Waals surface area contributed by atoms with Gasteiger partial charge in [-0.25, -0.2) is 0 Å². The number of nitrogen functional groups attached to an aromatic ring is 1. The van der Waals surface area contributed by atoms with Gasteiger partial charge in [0.1, 0.15) is 11.5 Å². The van der Waals surface area contributed by atoms with Gasteiger partial charge in [0.15, 0.2) is 0 Å². The molecule has 5 nitrogen and oxygen atoms in total. The second-order valence-electron chi connectivity index (χ2n) is 4.07. The summed E-state index contributed by atoms with van der Waals surface area (Å²) in [5, 5.41) is 12.4. The molecule has 0 aliphatic rings. The summed E-state index contributed by atoms with van der Waals surface area (Å²) in [5.41, 5.74) is 6.89. The van der Waals surface area contributed by atoms with Crippen molar-refractivity contribution in [3.63, 3.8) is 0 Å². The molecule has 0 aromatic heterocycles. The van der Waals surface area contributed by atoms with Gasteiger partial charge in [-0.05, 0) is 30.3 Å². The summed E-state index contributed by atoms with van der Waals surface area (Å²) in [6.07, 6.45) is 0. The van der Waals surface area contributed by atoms with E-state index in [0.29, 0.717) is 21.6 Å². The summed E-state index contributed by atoms with van der Waals surface area (Å²) in [6.45, 7) is 0. The van der Waals surface area contributed by atoms with Crippen LogP contribution in [0.4, 0.5) is 11.4 Å². The van der Waals surface area contributed by atoms with Crippen molar-refractivity contribution in [2.24, 2.45) is 0 Å². The monoisotopic (exact) mass is 336 g/mol. The predicted molar refractivity (Wildman–Crippen MR) is 81.2 cm³/mol. The molecule has 0 aliphatic heterocycles. The van der Waals surface area contributed by atoms with Crippen molar-refractivity contribution in [3.8, 4) is 11.5 Å². The van der Waals surface area contributed by atoms with Gasteiger partial charge in [-0.2, -0.15) is 0 Å². The van der Waals surface area contributed by atoms with Crippen LogP contribution in [0.15, 0.2) is 40.9 Å². The van der Waals surface area contributed by atoms with E-state index < -0.39 is 5.91 Å². The smallest absolute Gasteiger partial charge is 0.259 e. The molecule has 0 fully saturated rings. The van der Waals surface area contributed by atoms with E-state index in [2.05, 4.69) is 21.2 Å². The number of hydrogen-bond donors (Lipinski definition) is 3. The first-order valence-corrected chi connectivity index (χ1v) is 6.54. The number of carbonyl (C=O) groups is 1. The van der Waals surface area contributed by atoms with E-state index in [0.717, 1.165) is 0 Å². The second kappa shape index (κ2) is 5.83. The molecule has 0 unspecified atom stereocenters. The highest BCUT2D eigenvalue weighted by atomic mass is 79.9. The van der Waals surface area contributed by atoms with E-state index in [9.17, 15) is 9.90 Å². The van der Waals surface area contributed by atoms with Gasteiger partial charge in [0.25, 0.3) is 5.91 Å². The van der Waals surface area contributed by atoms with Crippen LogP contribution >= 0.6 is 15.9 Å². The Hall–Kier alpha value is -2.21.